The Kier molecular flexibility index (Phi) is 11.7. The Morgan fingerprint density at radius 2 is 1.68 bits per heavy atom. The number of nitrogens with two attached hydrogens (primary N) is 1. The summed E-state index contributed by atoms with van der Waals surface area (Å²) in [6.07, 6.45) is 15.3. The molecule has 4 aromatic heterocycles. The molecule has 1 aliphatic heterocycles. The zero-order chi connectivity index (χ0) is 29.6. The van der Waals surface area contributed by atoms with Gasteiger partial charge in [-0.25, -0.2) is 14.6 Å². The van der Waals surface area contributed by atoms with Gasteiger partial charge in [-0.1, -0.05) is 12.1 Å². The van der Waals surface area contributed by atoms with Gasteiger partial charge in [0.1, 0.15) is 37.5 Å². The molecule has 0 saturated carbocycles. The Balaban J connectivity index is 0.000000299. The molecule has 5 rings (SSSR count). The molecular weight excluding hydrogens is 556 g/mol. The van der Waals surface area contributed by atoms with E-state index in [-0.39, 0.29) is 37.4 Å². The zero-order valence-corrected chi connectivity index (χ0v) is 22.5. The number of carboxylic acid groups (broad SMARTS) is 1. The first-order valence-corrected chi connectivity index (χ1v) is 12.5. The molecule has 0 radical (unpaired) electrons. The van der Waals surface area contributed by atoms with Gasteiger partial charge in [0.05, 0.1) is 11.5 Å². The molecule has 14 heteroatoms. The molecule has 2 atom stereocenters. The van der Waals surface area contributed by atoms with Gasteiger partial charge in [0.25, 0.3) is 0 Å². The first kappa shape index (κ1) is 30.6. The fraction of sp³-hybridized carbons (Fsp3) is 0.259. The SMILES string of the molecule is C#C.Nc1nc(Cl)nc2c1ccn2[C@H]1CC[C@@H](COC(=O)OCc2cccnc2)O1.O=C(O)OCc1cccnc1. The highest BCUT2D eigenvalue weighted by atomic mass is 35.5. The fourth-order valence-electron chi connectivity index (χ4n) is 3.73. The van der Waals surface area contributed by atoms with Gasteiger partial charge in [0.15, 0.2) is 0 Å². The Morgan fingerprint density at radius 1 is 1.02 bits per heavy atom. The summed E-state index contributed by atoms with van der Waals surface area (Å²) < 4.78 is 22.4. The molecule has 3 N–H and O–H groups in total. The molecule has 0 unspecified atom stereocenters. The highest BCUT2D eigenvalue weighted by Crippen LogP contribution is 2.32. The third-order valence-electron chi connectivity index (χ3n) is 5.52. The third-order valence-corrected chi connectivity index (χ3v) is 5.69. The Hall–Kier alpha value is -4.93. The van der Waals surface area contributed by atoms with E-state index >= 15 is 0 Å². The van der Waals surface area contributed by atoms with Crippen LogP contribution in [0, 0.1) is 12.8 Å². The topological polar surface area (TPSA) is 174 Å². The van der Waals surface area contributed by atoms with Crippen LogP contribution in [0.3, 0.4) is 0 Å². The van der Waals surface area contributed by atoms with Gasteiger partial charge < -0.3 is 34.4 Å². The second-order valence-corrected chi connectivity index (χ2v) is 8.59. The molecule has 1 saturated heterocycles. The van der Waals surface area contributed by atoms with E-state index in [0.29, 0.717) is 16.9 Å². The minimum Gasteiger partial charge on any atom is -0.450 e. The number of carbonyl (C=O) groups excluding carboxylic acids is 1. The molecule has 214 valence electrons. The molecule has 1 fully saturated rings. The number of nitrogens with zero attached hydrogens (tertiary/aromatic N) is 5. The van der Waals surface area contributed by atoms with Gasteiger partial charge in [-0.3, -0.25) is 9.97 Å². The van der Waals surface area contributed by atoms with Gasteiger partial charge in [-0.2, -0.15) is 4.98 Å². The molecule has 0 amide bonds. The van der Waals surface area contributed by atoms with Crippen LogP contribution in [0.15, 0.2) is 61.3 Å². The smallest absolute Gasteiger partial charge is 0.450 e. The van der Waals surface area contributed by atoms with E-state index in [0.717, 1.165) is 24.0 Å². The normalized spacial score (nSPS) is 15.5. The van der Waals surface area contributed by atoms with Crippen molar-refractivity contribution in [3.8, 4) is 12.8 Å². The summed E-state index contributed by atoms with van der Waals surface area (Å²) >= 11 is 5.92. The number of halogens is 1. The maximum atomic E-state index is 11.8. The van der Waals surface area contributed by atoms with Crippen molar-refractivity contribution in [3.63, 3.8) is 0 Å². The van der Waals surface area contributed by atoms with E-state index in [1.54, 1.807) is 43.0 Å². The fourth-order valence-corrected chi connectivity index (χ4v) is 3.90. The van der Waals surface area contributed by atoms with Crippen LogP contribution in [0.5, 0.6) is 0 Å². The van der Waals surface area contributed by atoms with Crippen molar-refractivity contribution < 1.29 is 33.6 Å². The number of nitrogen functional groups attached to an aromatic ring is 1. The lowest BCUT2D eigenvalue weighted by Gasteiger charge is -2.16. The Labute approximate surface area is 240 Å². The van der Waals surface area contributed by atoms with Crippen molar-refractivity contribution in [3.05, 3.63) is 77.7 Å². The average molecular weight is 583 g/mol. The lowest BCUT2D eigenvalue weighted by molar-refractivity contribution is -0.0379. The lowest BCUT2D eigenvalue weighted by Crippen LogP contribution is -2.20. The van der Waals surface area contributed by atoms with E-state index in [1.807, 2.05) is 22.9 Å². The van der Waals surface area contributed by atoms with Gasteiger partial charge in [0.2, 0.25) is 5.28 Å². The maximum Gasteiger partial charge on any atom is 0.508 e. The van der Waals surface area contributed by atoms with Crippen molar-refractivity contribution in [1.29, 1.82) is 0 Å². The predicted molar refractivity (Wildman–Crippen MR) is 147 cm³/mol. The molecule has 5 heterocycles. The molecule has 1 aliphatic rings. The Bertz CT molecular complexity index is 1440. The molecule has 0 spiro atoms. The summed E-state index contributed by atoms with van der Waals surface area (Å²) in [5, 5.41) is 8.93. The van der Waals surface area contributed by atoms with Crippen molar-refractivity contribution in [1.82, 2.24) is 24.5 Å². The van der Waals surface area contributed by atoms with Crippen LogP contribution < -0.4 is 5.73 Å². The largest absolute Gasteiger partial charge is 0.508 e. The molecule has 41 heavy (non-hydrogen) atoms. The number of hydrogen-bond donors (Lipinski definition) is 2. The minimum atomic E-state index is -1.27. The number of aromatic nitrogens is 5. The predicted octanol–water partition coefficient (Wildman–Crippen LogP) is 4.62. The van der Waals surface area contributed by atoms with Crippen LogP contribution >= 0.6 is 11.6 Å². The number of hydrogen-bond acceptors (Lipinski definition) is 11. The van der Waals surface area contributed by atoms with Crippen LogP contribution in [0.4, 0.5) is 15.4 Å². The zero-order valence-electron chi connectivity index (χ0n) is 21.7. The molecular formula is C27H27ClN6O7. The third kappa shape index (κ3) is 9.34. The van der Waals surface area contributed by atoms with E-state index in [4.69, 9.17) is 36.7 Å². The van der Waals surface area contributed by atoms with Gasteiger partial charge >= 0.3 is 12.3 Å². The van der Waals surface area contributed by atoms with E-state index in [9.17, 15) is 9.59 Å². The first-order chi connectivity index (χ1) is 19.9. The average Bonchev–Trinajstić information content (AvgIpc) is 3.64. The van der Waals surface area contributed by atoms with Gasteiger partial charge in [0, 0.05) is 42.1 Å². The van der Waals surface area contributed by atoms with Crippen LogP contribution in [-0.2, 0) is 32.2 Å². The number of pyridine rings is 2. The van der Waals surface area contributed by atoms with Crippen LogP contribution in [-0.4, -0.2) is 54.6 Å². The highest BCUT2D eigenvalue weighted by Gasteiger charge is 2.29. The summed E-state index contributed by atoms with van der Waals surface area (Å²) in [6.45, 7) is 0.278. The number of anilines is 1. The van der Waals surface area contributed by atoms with Crippen LogP contribution in [0.2, 0.25) is 5.28 Å². The van der Waals surface area contributed by atoms with Crippen LogP contribution in [0.25, 0.3) is 11.0 Å². The first-order valence-electron chi connectivity index (χ1n) is 12.1. The number of carbonyl (C=O) groups is 2. The summed E-state index contributed by atoms with van der Waals surface area (Å²) in [5.74, 6) is 0.322. The second-order valence-electron chi connectivity index (χ2n) is 8.26. The second kappa shape index (κ2) is 15.6. The quantitative estimate of drug-likeness (QED) is 0.176. The Morgan fingerprint density at radius 3 is 2.29 bits per heavy atom. The van der Waals surface area contributed by atoms with Crippen molar-refractivity contribution in [2.75, 3.05) is 12.3 Å². The summed E-state index contributed by atoms with van der Waals surface area (Å²) in [7, 11) is 0. The summed E-state index contributed by atoms with van der Waals surface area (Å²) in [5.41, 5.74) is 8.03. The van der Waals surface area contributed by atoms with Crippen molar-refractivity contribution in [2.24, 2.45) is 0 Å². The van der Waals surface area contributed by atoms with Crippen molar-refractivity contribution >= 4 is 40.8 Å². The number of rotatable bonds is 7. The number of terminal acetylenes is 1. The summed E-state index contributed by atoms with van der Waals surface area (Å²) in [4.78, 5) is 37.6. The van der Waals surface area contributed by atoms with E-state index in [1.165, 1.54) is 0 Å². The molecule has 0 aromatic carbocycles. The molecule has 4 aromatic rings. The molecule has 0 bridgehead atoms. The maximum absolute atomic E-state index is 11.8. The number of fused-ring (bicyclic) bond motifs is 1. The van der Waals surface area contributed by atoms with Gasteiger partial charge in [-0.05, 0) is 42.6 Å². The standard InChI is InChI=1S/C18H18ClN5O4.C7H7NO3.C2H2/c19-17-22-15(20)13-5-7-24(16(13)23-17)14-4-3-12(28-14)10-27-18(25)26-9-11-2-1-6-21-8-11;9-7(10)11-5-6-2-1-3-8-4-6;1-2/h1-2,5-8,12,14H,3-4,9-10H2,(H2,20,22,23);1-4H,5H2,(H,9,10);1-2H/t12-,14+;;/m0../s1. The number of ether oxygens (including phenoxy) is 4. The van der Waals surface area contributed by atoms with Crippen LogP contribution in [0.1, 0.15) is 30.2 Å². The lowest BCUT2D eigenvalue weighted by atomic mass is 10.2. The monoisotopic (exact) mass is 582 g/mol. The van der Waals surface area contributed by atoms with Gasteiger partial charge in [-0.15, -0.1) is 12.8 Å². The highest BCUT2D eigenvalue weighted by molar-refractivity contribution is 6.28. The minimum absolute atomic E-state index is 0.0587. The van der Waals surface area contributed by atoms with E-state index in [2.05, 4.69) is 37.5 Å². The molecule has 0 aliphatic carbocycles. The molecule has 13 nitrogen and oxygen atoms in total. The summed E-state index contributed by atoms with van der Waals surface area (Å²) in [6, 6.07) is 8.88. The van der Waals surface area contributed by atoms with Crippen molar-refractivity contribution in [2.45, 2.75) is 38.4 Å². The van der Waals surface area contributed by atoms with E-state index < -0.39 is 12.3 Å².